The Bertz CT molecular complexity index is 288. The number of hydrogen-bond donors (Lipinski definition) is 1. The molecule has 0 spiro atoms. The maximum absolute atomic E-state index is 10.2. The van der Waals surface area contributed by atoms with E-state index < -0.39 is 11.5 Å². The quantitative estimate of drug-likeness (QED) is 0.538. The van der Waals surface area contributed by atoms with Crippen molar-refractivity contribution < 1.29 is 14.4 Å². The van der Waals surface area contributed by atoms with Crippen molar-refractivity contribution in [3.63, 3.8) is 0 Å². The Hall–Kier alpha value is -1.62. The molecule has 0 saturated carbocycles. The fraction of sp³-hybridized carbons (Fsp3) is 0.143. The molecule has 1 rings (SSSR count). The van der Waals surface area contributed by atoms with Crippen molar-refractivity contribution in [2.24, 2.45) is 0 Å². The van der Waals surface area contributed by atoms with Crippen LogP contribution in [0.2, 0.25) is 0 Å². The van der Waals surface area contributed by atoms with Gasteiger partial charge in [-0.2, -0.15) is 0 Å². The summed E-state index contributed by atoms with van der Waals surface area (Å²) in [5, 5.41) is 18.8. The van der Waals surface area contributed by atoms with E-state index in [2.05, 4.69) is 0 Å². The Morgan fingerprint density at radius 3 is 3.00 bits per heavy atom. The highest BCUT2D eigenvalue weighted by Crippen LogP contribution is 2.06. The summed E-state index contributed by atoms with van der Waals surface area (Å²) in [6.07, 6.45) is 4.02. The van der Waals surface area contributed by atoms with E-state index in [4.69, 9.17) is 9.52 Å². The lowest BCUT2D eigenvalue weighted by atomic mass is 10.3. The van der Waals surface area contributed by atoms with Crippen molar-refractivity contribution in [3.8, 4) is 0 Å². The Balaban J connectivity index is 2.85. The summed E-state index contributed by atoms with van der Waals surface area (Å²) in [6.45, 7) is -0.585. The zero-order valence-corrected chi connectivity index (χ0v) is 6.14. The van der Waals surface area contributed by atoms with Gasteiger partial charge >= 0.3 is 0 Å². The first-order chi connectivity index (χ1) is 5.74. The fourth-order valence-electron chi connectivity index (χ4n) is 0.706. The smallest absolute Gasteiger partial charge is 0.272 e. The molecule has 12 heavy (non-hydrogen) atoms. The van der Waals surface area contributed by atoms with Crippen LogP contribution in [-0.2, 0) is 0 Å². The van der Waals surface area contributed by atoms with Gasteiger partial charge in [0.05, 0.1) is 17.4 Å². The molecule has 0 aromatic carbocycles. The maximum atomic E-state index is 10.2. The van der Waals surface area contributed by atoms with Gasteiger partial charge in [0.2, 0.25) is 0 Å². The average Bonchev–Trinajstić information content (AvgIpc) is 2.51. The number of rotatable bonds is 3. The normalized spacial score (nSPS) is 11.6. The van der Waals surface area contributed by atoms with Crippen LogP contribution >= 0.6 is 0 Å². The Morgan fingerprint density at radius 2 is 2.58 bits per heavy atom. The standard InChI is InChI=1S/C7H7NO4/c9-4-7(8(10)11)3-6-1-2-12-5-6/h1-3,5,9H,4H2/b7-3-. The van der Waals surface area contributed by atoms with Crippen molar-refractivity contribution >= 4 is 6.08 Å². The van der Waals surface area contributed by atoms with Gasteiger partial charge in [-0.1, -0.05) is 0 Å². The van der Waals surface area contributed by atoms with E-state index in [9.17, 15) is 10.1 Å². The Kier molecular flexibility index (Phi) is 2.60. The first-order valence-electron chi connectivity index (χ1n) is 3.22. The molecule has 0 fully saturated rings. The van der Waals surface area contributed by atoms with Crippen LogP contribution < -0.4 is 0 Å². The van der Waals surface area contributed by atoms with E-state index >= 15 is 0 Å². The van der Waals surface area contributed by atoms with Crippen LogP contribution in [0.5, 0.6) is 0 Å². The molecule has 1 aromatic heterocycles. The van der Waals surface area contributed by atoms with Crippen LogP contribution in [0.3, 0.4) is 0 Å². The summed E-state index contributed by atoms with van der Waals surface area (Å²) in [6, 6.07) is 1.57. The molecule has 0 aliphatic carbocycles. The van der Waals surface area contributed by atoms with Crippen LogP contribution in [0.4, 0.5) is 0 Å². The Morgan fingerprint density at radius 1 is 1.83 bits per heavy atom. The van der Waals surface area contributed by atoms with Gasteiger partial charge in [0.25, 0.3) is 5.70 Å². The molecule has 0 atom stereocenters. The predicted octanol–water partition coefficient (Wildman–Crippen LogP) is 0.889. The van der Waals surface area contributed by atoms with Crippen LogP contribution in [0.15, 0.2) is 28.7 Å². The third-order valence-electron chi connectivity index (χ3n) is 1.27. The van der Waals surface area contributed by atoms with Crippen LogP contribution in [0, 0.1) is 10.1 Å². The molecule has 0 aliphatic rings. The maximum Gasteiger partial charge on any atom is 0.272 e. The lowest BCUT2D eigenvalue weighted by Crippen LogP contribution is -2.02. The van der Waals surface area contributed by atoms with E-state index in [-0.39, 0.29) is 5.70 Å². The zero-order chi connectivity index (χ0) is 8.97. The molecule has 0 bridgehead atoms. The van der Waals surface area contributed by atoms with Gasteiger partial charge in [-0.15, -0.1) is 0 Å². The molecule has 5 nitrogen and oxygen atoms in total. The second-order valence-electron chi connectivity index (χ2n) is 2.11. The predicted molar refractivity (Wildman–Crippen MR) is 40.8 cm³/mol. The molecule has 0 aliphatic heterocycles. The number of nitrogens with zero attached hydrogens (tertiary/aromatic N) is 1. The lowest BCUT2D eigenvalue weighted by Gasteiger charge is -1.90. The minimum atomic E-state index is -0.632. The second-order valence-corrected chi connectivity index (χ2v) is 2.11. The third-order valence-corrected chi connectivity index (χ3v) is 1.27. The highest BCUT2D eigenvalue weighted by molar-refractivity contribution is 5.49. The van der Waals surface area contributed by atoms with E-state index in [0.29, 0.717) is 5.56 Å². The first kappa shape index (κ1) is 8.48. The van der Waals surface area contributed by atoms with Gasteiger partial charge in [-0.3, -0.25) is 10.1 Å². The number of aliphatic hydroxyl groups is 1. The van der Waals surface area contributed by atoms with Crippen molar-refractivity contribution in [2.45, 2.75) is 0 Å². The highest BCUT2D eigenvalue weighted by atomic mass is 16.6. The van der Waals surface area contributed by atoms with Gasteiger partial charge in [0.15, 0.2) is 0 Å². The lowest BCUT2D eigenvalue weighted by molar-refractivity contribution is -0.428. The van der Waals surface area contributed by atoms with Gasteiger partial charge < -0.3 is 9.52 Å². The summed E-state index contributed by atoms with van der Waals surface area (Å²) in [7, 11) is 0. The molecule has 0 saturated heterocycles. The summed E-state index contributed by atoms with van der Waals surface area (Å²) < 4.78 is 4.69. The topological polar surface area (TPSA) is 76.5 Å². The number of hydrogen-bond acceptors (Lipinski definition) is 4. The summed E-state index contributed by atoms with van der Waals surface area (Å²) >= 11 is 0. The second kappa shape index (κ2) is 3.68. The molecule has 0 radical (unpaired) electrons. The summed E-state index contributed by atoms with van der Waals surface area (Å²) in [5.74, 6) is 0. The Labute approximate surface area is 68.1 Å². The summed E-state index contributed by atoms with van der Waals surface area (Å²) in [4.78, 5) is 9.57. The van der Waals surface area contributed by atoms with Gasteiger partial charge in [0.1, 0.15) is 6.61 Å². The molecule has 5 heteroatoms. The summed E-state index contributed by atoms with van der Waals surface area (Å²) in [5.41, 5.74) is 0.312. The molecule has 0 amide bonds. The van der Waals surface area contributed by atoms with E-state index in [1.165, 1.54) is 18.6 Å². The van der Waals surface area contributed by atoms with Crippen LogP contribution in [0.1, 0.15) is 5.56 Å². The van der Waals surface area contributed by atoms with E-state index in [0.717, 1.165) is 0 Å². The number of furan rings is 1. The molecule has 64 valence electrons. The minimum absolute atomic E-state index is 0.253. The molecule has 0 unspecified atom stereocenters. The third kappa shape index (κ3) is 1.93. The van der Waals surface area contributed by atoms with Crippen LogP contribution in [0.25, 0.3) is 6.08 Å². The number of nitro groups is 1. The van der Waals surface area contributed by atoms with Crippen molar-refractivity contribution in [1.82, 2.24) is 0 Å². The van der Waals surface area contributed by atoms with Gasteiger partial charge in [-0.05, 0) is 6.07 Å². The van der Waals surface area contributed by atoms with E-state index in [1.807, 2.05) is 0 Å². The zero-order valence-electron chi connectivity index (χ0n) is 6.14. The monoisotopic (exact) mass is 169 g/mol. The van der Waals surface area contributed by atoms with E-state index in [1.54, 1.807) is 6.07 Å². The number of aliphatic hydroxyl groups excluding tert-OH is 1. The largest absolute Gasteiger partial charge is 0.472 e. The molecular weight excluding hydrogens is 162 g/mol. The SMILES string of the molecule is O=[N+]([O-])/C(=C\c1ccoc1)CO. The molecule has 1 aromatic rings. The van der Waals surface area contributed by atoms with Crippen molar-refractivity contribution in [3.05, 3.63) is 40.0 Å². The fourth-order valence-corrected chi connectivity index (χ4v) is 0.706. The minimum Gasteiger partial charge on any atom is -0.472 e. The van der Waals surface area contributed by atoms with Crippen LogP contribution in [-0.4, -0.2) is 16.6 Å². The van der Waals surface area contributed by atoms with Gasteiger partial charge in [0, 0.05) is 11.6 Å². The van der Waals surface area contributed by atoms with Crippen molar-refractivity contribution in [2.75, 3.05) is 6.61 Å². The van der Waals surface area contributed by atoms with Crippen molar-refractivity contribution in [1.29, 1.82) is 0 Å². The first-order valence-corrected chi connectivity index (χ1v) is 3.22. The highest BCUT2D eigenvalue weighted by Gasteiger charge is 2.08. The molecular formula is C7H7NO4. The van der Waals surface area contributed by atoms with Gasteiger partial charge in [-0.25, -0.2) is 0 Å². The molecule has 1 N–H and O–H groups in total. The molecule has 1 heterocycles. The average molecular weight is 169 g/mol.